The second kappa shape index (κ2) is 9.21. The number of nitrogens with one attached hydrogen (secondary N) is 2. The van der Waals surface area contributed by atoms with E-state index in [1.54, 1.807) is 0 Å². The molecular weight excluding hydrogens is 451 g/mol. The summed E-state index contributed by atoms with van der Waals surface area (Å²) >= 11 is 0. The van der Waals surface area contributed by atoms with Gasteiger partial charge in [0, 0.05) is 24.3 Å². The zero-order chi connectivity index (χ0) is 24.5. The van der Waals surface area contributed by atoms with Gasteiger partial charge in [0.1, 0.15) is 16.9 Å². The topological polar surface area (TPSA) is 128 Å². The van der Waals surface area contributed by atoms with Crippen LogP contribution in [0.3, 0.4) is 0 Å². The molecule has 0 spiro atoms. The first-order valence-corrected chi connectivity index (χ1v) is 11.4. The van der Waals surface area contributed by atoms with Gasteiger partial charge in [-0.15, -0.1) is 0 Å². The van der Waals surface area contributed by atoms with Gasteiger partial charge in [-0.3, -0.25) is 9.59 Å². The van der Waals surface area contributed by atoms with Crippen LogP contribution in [0.5, 0.6) is 5.88 Å². The number of carbonyl (C=O) groups is 1. The number of methoxy groups -OCH3 is 1. The minimum atomic E-state index is -0.621. The fourth-order valence-electron chi connectivity index (χ4n) is 4.76. The second-order valence-corrected chi connectivity index (χ2v) is 8.64. The number of hydrogen-bond acceptors (Lipinski definition) is 6. The van der Waals surface area contributed by atoms with Crippen molar-refractivity contribution in [3.63, 3.8) is 0 Å². The number of nitrogens with zero attached hydrogens (tertiary/aromatic N) is 3. The number of pyridine rings is 1. The highest BCUT2D eigenvalue weighted by atomic mass is 19.1. The lowest BCUT2D eigenvalue weighted by atomic mass is 10.0. The van der Waals surface area contributed by atoms with Crippen LogP contribution in [0.1, 0.15) is 47.6 Å². The average Bonchev–Trinajstić information content (AvgIpc) is 3.54. The van der Waals surface area contributed by atoms with Crippen LogP contribution in [0.4, 0.5) is 10.2 Å². The third kappa shape index (κ3) is 4.23. The summed E-state index contributed by atoms with van der Waals surface area (Å²) in [5, 5.41) is 9.89. The zero-order valence-electron chi connectivity index (χ0n) is 19.2. The molecule has 180 valence electrons. The summed E-state index contributed by atoms with van der Waals surface area (Å²) in [5.74, 6) is -0.778. The summed E-state index contributed by atoms with van der Waals surface area (Å²) in [7, 11) is 1.37. The number of ether oxygens (including phenoxy) is 1. The van der Waals surface area contributed by atoms with E-state index in [0.717, 1.165) is 54.6 Å². The Hall–Kier alpha value is -4.21. The SMILES string of the molecule is COc1ncc(F)cc1C(=O)NCc1ccc(-c2cn(C3CCCC3)c3c(=O)[nH]nc(N)c23)cc1. The molecule has 3 heterocycles. The monoisotopic (exact) mass is 476 g/mol. The molecule has 0 radical (unpaired) electrons. The Balaban J connectivity index is 1.41. The largest absolute Gasteiger partial charge is 0.480 e. The molecule has 10 heteroatoms. The maximum atomic E-state index is 13.5. The number of fused-ring (bicyclic) bond motifs is 1. The van der Waals surface area contributed by atoms with Gasteiger partial charge in [0.25, 0.3) is 11.5 Å². The lowest BCUT2D eigenvalue weighted by molar-refractivity contribution is 0.0946. The number of aromatic amines is 1. The normalized spacial score (nSPS) is 13.9. The first-order chi connectivity index (χ1) is 17.0. The molecule has 0 bridgehead atoms. The molecule has 3 aromatic heterocycles. The van der Waals surface area contributed by atoms with Crippen molar-refractivity contribution in [2.24, 2.45) is 0 Å². The van der Waals surface area contributed by atoms with Crippen molar-refractivity contribution in [2.45, 2.75) is 38.3 Å². The molecule has 1 aliphatic carbocycles. The quantitative estimate of drug-likeness (QED) is 0.390. The molecule has 1 saturated carbocycles. The third-order valence-electron chi connectivity index (χ3n) is 6.47. The third-order valence-corrected chi connectivity index (χ3v) is 6.47. The van der Waals surface area contributed by atoms with Gasteiger partial charge in [-0.05, 0) is 30.0 Å². The van der Waals surface area contributed by atoms with E-state index >= 15 is 0 Å². The van der Waals surface area contributed by atoms with Crippen LogP contribution < -0.4 is 21.3 Å². The number of hydrogen-bond donors (Lipinski definition) is 3. The number of anilines is 1. The summed E-state index contributed by atoms with van der Waals surface area (Å²) in [5.41, 5.74) is 9.08. The van der Waals surface area contributed by atoms with Crippen molar-refractivity contribution in [1.29, 1.82) is 0 Å². The molecule has 4 aromatic rings. The van der Waals surface area contributed by atoms with Crippen molar-refractivity contribution in [3.05, 3.63) is 70.0 Å². The number of H-pyrrole nitrogens is 1. The summed E-state index contributed by atoms with van der Waals surface area (Å²) in [6, 6.07) is 8.95. The van der Waals surface area contributed by atoms with Crippen LogP contribution in [0, 0.1) is 5.82 Å². The van der Waals surface area contributed by atoms with Gasteiger partial charge >= 0.3 is 0 Å². The number of halogens is 1. The first-order valence-electron chi connectivity index (χ1n) is 11.4. The van der Waals surface area contributed by atoms with Crippen LogP contribution in [-0.4, -0.2) is 32.8 Å². The zero-order valence-corrected chi connectivity index (χ0v) is 19.2. The van der Waals surface area contributed by atoms with E-state index in [9.17, 15) is 14.0 Å². The van der Waals surface area contributed by atoms with Crippen LogP contribution in [-0.2, 0) is 6.54 Å². The molecule has 1 aromatic carbocycles. The molecule has 0 aliphatic heterocycles. The molecule has 5 rings (SSSR count). The highest BCUT2D eigenvalue weighted by molar-refractivity contribution is 6.02. The van der Waals surface area contributed by atoms with E-state index < -0.39 is 11.7 Å². The maximum absolute atomic E-state index is 13.5. The van der Waals surface area contributed by atoms with Gasteiger partial charge in [-0.25, -0.2) is 14.5 Å². The molecule has 4 N–H and O–H groups in total. The Morgan fingerprint density at radius 1 is 1.29 bits per heavy atom. The summed E-state index contributed by atoms with van der Waals surface area (Å²) < 4.78 is 20.6. The maximum Gasteiger partial charge on any atom is 0.288 e. The molecule has 1 fully saturated rings. The van der Waals surface area contributed by atoms with Gasteiger partial charge in [0.2, 0.25) is 5.88 Å². The van der Waals surface area contributed by atoms with Crippen LogP contribution in [0.15, 0.2) is 47.5 Å². The molecule has 9 nitrogen and oxygen atoms in total. The minimum Gasteiger partial charge on any atom is -0.480 e. The Morgan fingerprint density at radius 2 is 2.03 bits per heavy atom. The Bertz CT molecular complexity index is 1450. The highest BCUT2D eigenvalue weighted by Crippen LogP contribution is 2.38. The lowest BCUT2D eigenvalue weighted by Crippen LogP contribution is -2.23. The van der Waals surface area contributed by atoms with E-state index in [0.29, 0.717) is 10.9 Å². The van der Waals surface area contributed by atoms with E-state index in [1.807, 2.05) is 35.0 Å². The molecule has 0 unspecified atom stereocenters. The predicted octanol–water partition coefficient (Wildman–Crippen LogP) is 3.56. The van der Waals surface area contributed by atoms with Crippen molar-refractivity contribution in [1.82, 2.24) is 25.1 Å². The predicted molar refractivity (Wildman–Crippen MR) is 130 cm³/mol. The molecule has 1 aliphatic rings. The van der Waals surface area contributed by atoms with Crippen LogP contribution in [0.25, 0.3) is 22.0 Å². The van der Waals surface area contributed by atoms with Gasteiger partial charge < -0.3 is 20.4 Å². The number of amides is 1. The first kappa shape index (κ1) is 22.6. The van der Waals surface area contributed by atoms with Gasteiger partial charge in [0.05, 0.1) is 18.7 Å². The number of carbonyl (C=O) groups excluding carboxylic acids is 1. The van der Waals surface area contributed by atoms with Crippen LogP contribution >= 0.6 is 0 Å². The van der Waals surface area contributed by atoms with Gasteiger partial charge in [-0.2, -0.15) is 5.10 Å². The molecule has 0 atom stereocenters. The smallest absolute Gasteiger partial charge is 0.288 e. The molecule has 35 heavy (non-hydrogen) atoms. The number of rotatable bonds is 6. The van der Waals surface area contributed by atoms with Crippen LogP contribution in [0.2, 0.25) is 0 Å². The van der Waals surface area contributed by atoms with Crippen molar-refractivity contribution >= 4 is 22.6 Å². The number of aromatic nitrogens is 4. The van der Waals surface area contributed by atoms with E-state index in [-0.39, 0.29) is 35.4 Å². The second-order valence-electron chi connectivity index (χ2n) is 8.64. The average molecular weight is 477 g/mol. The van der Waals surface area contributed by atoms with E-state index in [2.05, 4.69) is 20.5 Å². The number of nitrogens with two attached hydrogens (primary N) is 1. The van der Waals surface area contributed by atoms with Crippen molar-refractivity contribution < 1.29 is 13.9 Å². The summed E-state index contributed by atoms with van der Waals surface area (Å²) in [6.07, 6.45) is 7.30. The fraction of sp³-hybridized carbons (Fsp3) is 0.280. The molecule has 1 amide bonds. The summed E-state index contributed by atoms with van der Waals surface area (Å²) in [4.78, 5) is 29.0. The van der Waals surface area contributed by atoms with Crippen molar-refractivity contribution in [3.8, 4) is 17.0 Å². The summed E-state index contributed by atoms with van der Waals surface area (Å²) in [6.45, 7) is 0.228. The number of benzene rings is 1. The Kier molecular flexibility index (Phi) is 5.94. The van der Waals surface area contributed by atoms with Crippen molar-refractivity contribution in [2.75, 3.05) is 12.8 Å². The van der Waals surface area contributed by atoms with E-state index in [1.165, 1.54) is 7.11 Å². The van der Waals surface area contributed by atoms with Gasteiger partial charge in [0.15, 0.2) is 5.82 Å². The minimum absolute atomic E-state index is 0.0250. The number of nitrogen functional groups attached to an aromatic ring is 1. The Labute approximate surface area is 200 Å². The standard InChI is InChI=1S/C25H25FN6O3/c1-35-25-18(10-16(26)12-29-25)23(33)28-11-14-6-8-15(9-7-14)19-13-32(17-4-2-3-5-17)21-20(19)22(27)30-31-24(21)34/h6-10,12-13,17H,2-5,11H2,1H3,(H2,27,30)(H,28,33)(H,31,34). The highest BCUT2D eigenvalue weighted by Gasteiger charge is 2.24. The molecular formula is C25H25FN6O3. The molecule has 0 saturated heterocycles. The van der Waals surface area contributed by atoms with E-state index in [4.69, 9.17) is 10.5 Å². The Morgan fingerprint density at radius 3 is 2.74 bits per heavy atom. The lowest BCUT2D eigenvalue weighted by Gasteiger charge is -2.12. The van der Waals surface area contributed by atoms with Gasteiger partial charge in [-0.1, -0.05) is 37.1 Å². The fourth-order valence-corrected chi connectivity index (χ4v) is 4.76.